The van der Waals surface area contributed by atoms with Gasteiger partial charge in [-0.25, -0.2) is 19.3 Å². The van der Waals surface area contributed by atoms with Gasteiger partial charge in [-0.3, -0.25) is 14.2 Å². The van der Waals surface area contributed by atoms with Crippen LogP contribution in [0.4, 0.5) is 10.3 Å². The van der Waals surface area contributed by atoms with Crippen LogP contribution in [0.25, 0.3) is 11.2 Å². The molecule has 0 atom stereocenters. The lowest BCUT2D eigenvalue weighted by atomic mass is 10.0. The minimum Gasteiger partial charge on any atom is -0.380 e. The summed E-state index contributed by atoms with van der Waals surface area (Å²) in [5, 5.41) is 0. The molecule has 0 amide bonds. The van der Waals surface area contributed by atoms with Crippen LogP contribution in [0.2, 0.25) is 0 Å². The average Bonchev–Trinajstić information content (AvgIpc) is 2.74. The maximum atomic E-state index is 13.6. The van der Waals surface area contributed by atoms with Crippen LogP contribution in [0, 0.1) is 5.82 Å². The van der Waals surface area contributed by atoms with Crippen molar-refractivity contribution in [2.45, 2.75) is 25.5 Å². The van der Waals surface area contributed by atoms with E-state index in [0.29, 0.717) is 49.7 Å². The summed E-state index contributed by atoms with van der Waals surface area (Å²) in [5.74, 6) is 0.0614. The largest absolute Gasteiger partial charge is 0.380 e. The molecule has 4 rings (SSSR count). The molecule has 9 nitrogen and oxygen atoms in total. The van der Waals surface area contributed by atoms with Crippen molar-refractivity contribution in [3.05, 3.63) is 56.7 Å². The topological polar surface area (TPSA) is 95.1 Å². The molecule has 0 N–H and O–H groups in total. The van der Waals surface area contributed by atoms with Gasteiger partial charge in [-0.2, -0.15) is 0 Å². The highest BCUT2D eigenvalue weighted by Crippen LogP contribution is 2.25. The number of pyridine rings is 1. The summed E-state index contributed by atoms with van der Waals surface area (Å²) in [7, 11) is 3.06. The number of nitrogens with zero attached hydrogens (tertiary/aromatic N) is 6. The lowest BCUT2D eigenvalue weighted by Gasteiger charge is -2.33. The van der Waals surface area contributed by atoms with Gasteiger partial charge < -0.3 is 14.2 Å². The zero-order valence-corrected chi connectivity index (χ0v) is 16.2. The summed E-state index contributed by atoms with van der Waals surface area (Å²) in [6.45, 7) is 1.70. The number of fused-ring (bicyclic) bond motifs is 1. The summed E-state index contributed by atoms with van der Waals surface area (Å²) in [6, 6.07) is 1.02. The Labute approximate surface area is 165 Å². The highest BCUT2D eigenvalue weighted by molar-refractivity contribution is 5.70. The monoisotopic (exact) mass is 400 g/mol. The van der Waals surface area contributed by atoms with Crippen LogP contribution in [-0.2, 0) is 18.4 Å². The van der Waals surface area contributed by atoms with Gasteiger partial charge in [0.1, 0.15) is 5.82 Å². The number of aryl methyl sites for hydroxylation is 1. The van der Waals surface area contributed by atoms with E-state index in [1.54, 1.807) is 19.5 Å². The van der Waals surface area contributed by atoms with Crippen molar-refractivity contribution in [1.29, 1.82) is 0 Å². The Morgan fingerprint density at radius 2 is 1.79 bits per heavy atom. The number of ether oxygens (including phenoxy) is 1. The van der Waals surface area contributed by atoms with Crippen LogP contribution in [0.5, 0.6) is 0 Å². The molecule has 0 unspecified atom stereocenters. The first-order chi connectivity index (χ1) is 14.0. The third-order valence-corrected chi connectivity index (χ3v) is 5.22. The zero-order chi connectivity index (χ0) is 20.5. The summed E-state index contributed by atoms with van der Waals surface area (Å²) < 4.78 is 21.3. The third-order valence-electron chi connectivity index (χ3n) is 5.22. The van der Waals surface area contributed by atoms with Crippen molar-refractivity contribution in [3.8, 4) is 0 Å². The fourth-order valence-corrected chi connectivity index (χ4v) is 3.72. The number of piperidine rings is 1. The van der Waals surface area contributed by atoms with Gasteiger partial charge in [-0.1, -0.05) is 0 Å². The van der Waals surface area contributed by atoms with Gasteiger partial charge in [0.05, 0.1) is 18.3 Å². The maximum Gasteiger partial charge on any atom is 0.318 e. The third kappa shape index (κ3) is 3.51. The summed E-state index contributed by atoms with van der Waals surface area (Å²) in [5.41, 5.74) is 0.177. The van der Waals surface area contributed by atoms with E-state index in [-0.39, 0.29) is 6.04 Å². The Morgan fingerprint density at radius 1 is 1.10 bits per heavy atom. The number of aromatic nitrogens is 5. The van der Waals surface area contributed by atoms with Crippen molar-refractivity contribution in [2.75, 3.05) is 25.1 Å². The molecule has 1 aliphatic heterocycles. The molecular weight excluding hydrogens is 379 g/mol. The molecule has 3 aromatic heterocycles. The van der Waals surface area contributed by atoms with E-state index in [9.17, 15) is 14.0 Å². The highest BCUT2D eigenvalue weighted by atomic mass is 19.1. The quantitative estimate of drug-likeness (QED) is 0.603. The summed E-state index contributed by atoms with van der Waals surface area (Å²) >= 11 is 0. The minimum absolute atomic E-state index is 0.208. The molecule has 10 heteroatoms. The Bertz CT molecular complexity index is 1150. The first-order valence-electron chi connectivity index (χ1n) is 9.31. The number of halogens is 1. The predicted octanol–water partition coefficient (Wildman–Crippen LogP) is 1.01. The molecular formula is C19H21FN6O3. The van der Waals surface area contributed by atoms with Crippen molar-refractivity contribution in [3.63, 3.8) is 0 Å². The normalized spacial score (nSPS) is 15.2. The van der Waals surface area contributed by atoms with Gasteiger partial charge >= 0.3 is 11.1 Å². The molecule has 0 bridgehead atoms. The Kier molecular flexibility index (Phi) is 5.10. The second-order valence-corrected chi connectivity index (χ2v) is 7.08. The Hall–Kier alpha value is -3.14. The van der Waals surface area contributed by atoms with Gasteiger partial charge in [0, 0.05) is 57.3 Å². The smallest absolute Gasteiger partial charge is 0.318 e. The van der Waals surface area contributed by atoms with Crippen LogP contribution in [0.3, 0.4) is 0 Å². The molecule has 1 fully saturated rings. The molecule has 0 radical (unpaired) electrons. The van der Waals surface area contributed by atoms with E-state index in [2.05, 4.69) is 15.0 Å². The van der Waals surface area contributed by atoms with Crippen LogP contribution in [-0.4, -0.2) is 44.3 Å². The fraction of sp³-hybridized carbons (Fsp3) is 0.421. The molecule has 29 heavy (non-hydrogen) atoms. The SMILES string of the molecule is COCc1cnc(N2CCC(n3c(=O)c(=O)n(C)c4cc(F)cnc43)CC2)nc1. The minimum atomic E-state index is -0.690. The van der Waals surface area contributed by atoms with Gasteiger partial charge in [0.25, 0.3) is 0 Å². The van der Waals surface area contributed by atoms with E-state index < -0.39 is 16.9 Å². The van der Waals surface area contributed by atoms with Crippen LogP contribution in [0.15, 0.2) is 34.2 Å². The lowest BCUT2D eigenvalue weighted by Crippen LogP contribution is -2.45. The molecule has 4 heterocycles. The molecule has 0 saturated carbocycles. The zero-order valence-electron chi connectivity index (χ0n) is 16.2. The highest BCUT2D eigenvalue weighted by Gasteiger charge is 2.26. The Morgan fingerprint density at radius 3 is 2.45 bits per heavy atom. The number of hydrogen-bond acceptors (Lipinski definition) is 7. The van der Waals surface area contributed by atoms with Crippen molar-refractivity contribution in [2.24, 2.45) is 7.05 Å². The Balaban J connectivity index is 1.61. The van der Waals surface area contributed by atoms with Crippen LogP contribution >= 0.6 is 0 Å². The first-order valence-corrected chi connectivity index (χ1v) is 9.31. The maximum absolute atomic E-state index is 13.6. The molecule has 0 aromatic carbocycles. The van der Waals surface area contributed by atoms with E-state index in [0.717, 1.165) is 16.3 Å². The van der Waals surface area contributed by atoms with Crippen molar-refractivity contribution in [1.82, 2.24) is 24.1 Å². The van der Waals surface area contributed by atoms with E-state index in [1.165, 1.54) is 17.7 Å². The number of hydrogen-bond donors (Lipinski definition) is 0. The molecule has 3 aromatic rings. The fourth-order valence-electron chi connectivity index (χ4n) is 3.72. The molecule has 1 aliphatic rings. The molecule has 0 spiro atoms. The lowest BCUT2D eigenvalue weighted by molar-refractivity contribution is 0.184. The summed E-state index contributed by atoms with van der Waals surface area (Å²) in [6.07, 6.45) is 5.76. The van der Waals surface area contributed by atoms with Crippen LogP contribution < -0.4 is 16.0 Å². The number of rotatable bonds is 4. The predicted molar refractivity (Wildman–Crippen MR) is 104 cm³/mol. The van der Waals surface area contributed by atoms with Gasteiger partial charge in [-0.15, -0.1) is 0 Å². The van der Waals surface area contributed by atoms with Crippen molar-refractivity contribution >= 4 is 17.1 Å². The number of anilines is 1. The van der Waals surface area contributed by atoms with E-state index in [1.807, 2.05) is 4.90 Å². The van der Waals surface area contributed by atoms with Gasteiger partial charge in [-0.05, 0) is 12.8 Å². The van der Waals surface area contributed by atoms with Crippen molar-refractivity contribution < 1.29 is 9.13 Å². The molecule has 152 valence electrons. The standard InChI is InChI=1S/C19H21FN6O3/c1-24-15-7-13(20)10-21-16(15)26(18(28)17(24)27)14-3-5-25(6-4-14)19-22-8-12(9-23-19)11-29-2/h7-10,14H,3-6,11H2,1-2H3. The van der Waals surface area contributed by atoms with Gasteiger partial charge in [0.15, 0.2) is 5.65 Å². The van der Waals surface area contributed by atoms with E-state index >= 15 is 0 Å². The number of methoxy groups -OCH3 is 1. The van der Waals surface area contributed by atoms with Gasteiger partial charge in [0.2, 0.25) is 5.95 Å². The summed E-state index contributed by atoms with van der Waals surface area (Å²) in [4.78, 5) is 39.9. The van der Waals surface area contributed by atoms with Crippen LogP contribution in [0.1, 0.15) is 24.4 Å². The van der Waals surface area contributed by atoms with E-state index in [4.69, 9.17) is 4.74 Å². The first kappa shape index (κ1) is 19.2. The second kappa shape index (κ2) is 7.70. The second-order valence-electron chi connectivity index (χ2n) is 7.08. The molecule has 1 saturated heterocycles. The average molecular weight is 400 g/mol. The molecule has 0 aliphatic carbocycles.